The van der Waals surface area contributed by atoms with Crippen molar-refractivity contribution in [3.05, 3.63) is 76.5 Å². The number of rotatable bonds is 11. The summed E-state index contributed by atoms with van der Waals surface area (Å²) in [6, 6.07) is 15.9. The third-order valence-corrected chi connectivity index (χ3v) is 6.00. The fourth-order valence-corrected chi connectivity index (χ4v) is 4.37. The topological polar surface area (TPSA) is 59.3 Å². The quantitative estimate of drug-likeness (QED) is 0.253. The number of carbonyl (C=O) groups excluding carboxylic acids is 1. The molecule has 0 saturated carbocycles. The molecule has 0 aliphatic rings. The molecule has 0 saturated heterocycles. The molecule has 0 bridgehead atoms. The first-order chi connectivity index (χ1) is 15.4. The van der Waals surface area contributed by atoms with E-state index in [0.717, 1.165) is 42.3 Å². The second kappa shape index (κ2) is 11.1. The fraction of sp³-hybridized carbons (Fsp3) is 0.333. The van der Waals surface area contributed by atoms with Crippen LogP contribution < -0.4 is 0 Å². The SMILES string of the molecule is C[C@H](CC(=O)O)CC(=O)c1c(CCCC/C=C\c2ccccc2)n(C)c2ccc(Cl)cc12. The molecule has 1 aromatic heterocycles. The number of ketones is 1. The van der Waals surface area contributed by atoms with Crippen molar-refractivity contribution in [3.63, 3.8) is 0 Å². The summed E-state index contributed by atoms with van der Waals surface area (Å²) in [5.41, 5.74) is 3.87. The zero-order valence-electron chi connectivity index (χ0n) is 18.7. The van der Waals surface area contributed by atoms with Crippen LogP contribution in [0.4, 0.5) is 0 Å². The first-order valence-electron chi connectivity index (χ1n) is 11.1. The number of benzene rings is 2. The van der Waals surface area contributed by atoms with Crippen LogP contribution >= 0.6 is 11.6 Å². The standard InChI is InChI=1S/C27H30ClNO3/c1-19(17-26(31)32)16-25(30)27-22-18-21(28)14-15-23(22)29(2)24(27)13-9-4-3-6-10-20-11-7-5-8-12-20/h5-8,10-12,14-15,18-19H,3-4,9,13,16-17H2,1-2H3,(H,31,32)/b10-6-/t19-/m0/s1. The van der Waals surface area contributed by atoms with E-state index < -0.39 is 5.97 Å². The predicted molar refractivity (Wildman–Crippen MR) is 131 cm³/mol. The first kappa shape index (κ1) is 23.8. The van der Waals surface area contributed by atoms with Crippen LogP contribution in [0, 0.1) is 5.92 Å². The van der Waals surface area contributed by atoms with Crippen LogP contribution in [-0.4, -0.2) is 21.4 Å². The minimum absolute atomic E-state index is 0.00871. The number of hydrogen-bond acceptors (Lipinski definition) is 2. The minimum atomic E-state index is -0.880. The molecule has 0 unspecified atom stereocenters. The average Bonchev–Trinajstić information content (AvgIpc) is 3.01. The lowest BCUT2D eigenvalue weighted by atomic mass is 9.94. The molecule has 168 valence electrons. The Kier molecular flexibility index (Phi) is 8.29. The van der Waals surface area contributed by atoms with Crippen molar-refractivity contribution in [2.75, 3.05) is 0 Å². The second-order valence-corrected chi connectivity index (χ2v) is 8.87. The summed E-state index contributed by atoms with van der Waals surface area (Å²) in [5, 5.41) is 10.5. The van der Waals surface area contributed by atoms with Gasteiger partial charge < -0.3 is 9.67 Å². The van der Waals surface area contributed by atoms with Crippen LogP contribution in [0.15, 0.2) is 54.6 Å². The molecular formula is C27H30ClNO3. The fourth-order valence-electron chi connectivity index (χ4n) is 4.20. The van der Waals surface area contributed by atoms with E-state index in [4.69, 9.17) is 16.7 Å². The molecule has 0 aliphatic carbocycles. The highest BCUT2D eigenvalue weighted by molar-refractivity contribution is 6.31. The van der Waals surface area contributed by atoms with Crippen LogP contribution in [0.3, 0.4) is 0 Å². The Labute approximate surface area is 194 Å². The van der Waals surface area contributed by atoms with Crippen molar-refractivity contribution in [2.24, 2.45) is 13.0 Å². The highest BCUT2D eigenvalue weighted by Crippen LogP contribution is 2.31. The smallest absolute Gasteiger partial charge is 0.303 e. The molecule has 0 aliphatic heterocycles. The van der Waals surface area contributed by atoms with Gasteiger partial charge in [0.15, 0.2) is 5.78 Å². The minimum Gasteiger partial charge on any atom is -0.481 e. The van der Waals surface area contributed by atoms with Gasteiger partial charge in [-0.2, -0.15) is 0 Å². The van der Waals surface area contributed by atoms with Gasteiger partial charge in [-0.15, -0.1) is 0 Å². The van der Waals surface area contributed by atoms with Crippen molar-refractivity contribution >= 4 is 40.3 Å². The molecule has 3 aromatic rings. The number of fused-ring (bicyclic) bond motifs is 1. The summed E-state index contributed by atoms with van der Waals surface area (Å²) >= 11 is 6.24. The third-order valence-electron chi connectivity index (χ3n) is 5.76. The van der Waals surface area contributed by atoms with E-state index in [1.807, 2.05) is 50.4 Å². The number of Topliss-reactive ketones (excluding diaryl/α,β-unsaturated/α-hetero) is 1. The lowest BCUT2D eigenvalue weighted by molar-refractivity contribution is -0.137. The van der Waals surface area contributed by atoms with Gasteiger partial charge in [0, 0.05) is 47.1 Å². The van der Waals surface area contributed by atoms with E-state index in [-0.39, 0.29) is 24.5 Å². The highest BCUT2D eigenvalue weighted by atomic mass is 35.5. The van der Waals surface area contributed by atoms with Crippen LogP contribution in [0.2, 0.25) is 5.02 Å². The normalized spacial score (nSPS) is 12.5. The zero-order chi connectivity index (χ0) is 23.1. The maximum Gasteiger partial charge on any atom is 0.303 e. The van der Waals surface area contributed by atoms with Crippen molar-refractivity contribution in [1.82, 2.24) is 4.57 Å². The second-order valence-electron chi connectivity index (χ2n) is 8.43. The molecule has 32 heavy (non-hydrogen) atoms. The Balaban J connectivity index is 1.74. The molecule has 3 rings (SSSR count). The number of allylic oxidation sites excluding steroid dienone is 1. The molecule has 0 amide bonds. The Morgan fingerprint density at radius 2 is 1.84 bits per heavy atom. The van der Waals surface area contributed by atoms with Crippen LogP contribution in [0.1, 0.15) is 60.6 Å². The van der Waals surface area contributed by atoms with E-state index in [0.29, 0.717) is 10.6 Å². The summed E-state index contributed by atoms with van der Waals surface area (Å²) in [6.45, 7) is 1.81. The summed E-state index contributed by atoms with van der Waals surface area (Å²) < 4.78 is 2.08. The third kappa shape index (κ3) is 6.10. The Morgan fingerprint density at radius 3 is 2.56 bits per heavy atom. The number of aromatic nitrogens is 1. The average molecular weight is 452 g/mol. The lowest BCUT2D eigenvalue weighted by Gasteiger charge is -2.10. The first-order valence-corrected chi connectivity index (χ1v) is 11.5. The monoisotopic (exact) mass is 451 g/mol. The van der Waals surface area contributed by atoms with Gasteiger partial charge in [0.2, 0.25) is 0 Å². The Hall–Kier alpha value is -2.85. The Bertz CT molecular complexity index is 1110. The lowest BCUT2D eigenvalue weighted by Crippen LogP contribution is -2.12. The van der Waals surface area contributed by atoms with E-state index in [1.54, 1.807) is 0 Å². The van der Waals surface area contributed by atoms with E-state index in [2.05, 4.69) is 28.9 Å². The largest absolute Gasteiger partial charge is 0.481 e. The maximum absolute atomic E-state index is 13.2. The summed E-state index contributed by atoms with van der Waals surface area (Å²) in [7, 11) is 1.98. The Morgan fingerprint density at radius 1 is 1.09 bits per heavy atom. The molecule has 2 aromatic carbocycles. The van der Waals surface area contributed by atoms with E-state index >= 15 is 0 Å². The molecular weight excluding hydrogens is 422 g/mol. The summed E-state index contributed by atoms with van der Waals surface area (Å²) in [6.07, 6.45) is 8.27. The number of hydrogen-bond donors (Lipinski definition) is 1. The molecule has 4 nitrogen and oxygen atoms in total. The van der Waals surface area contributed by atoms with Gasteiger partial charge in [-0.25, -0.2) is 0 Å². The van der Waals surface area contributed by atoms with Gasteiger partial charge >= 0.3 is 5.97 Å². The summed E-state index contributed by atoms with van der Waals surface area (Å²) in [5.74, 6) is -1.11. The van der Waals surface area contributed by atoms with Crippen LogP contribution in [-0.2, 0) is 18.3 Å². The molecule has 5 heteroatoms. The van der Waals surface area contributed by atoms with Crippen LogP contribution in [0.5, 0.6) is 0 Å². The number of carboxylic acid groups (broad SMARTS) is 1. The number of nitrogens with zero attached hydrogens (tertiary/aromatic N) is 1. The van der Waals surface area contributed by atoms with Crippen molar-refractivity contribution in [3.8, 4) is 0 Å². The molecule has 0 radical (unpaired) electrons. The van der Waals surface area contributed by atoms with Gasteiger partial charge in [-0.1, -0.05) is 61.0 Å². The maximum atomic E-state index is 13.2. The van der Waals surface area contributed by atoms with Crippen molar-refractivity contribution < 1.29 is 14.7 Å². The van der Waals surface area contributed by atoms with E-state index in [1.165, 1.54) is 5.56 Å². The number of aliphatic carboxylic acids is 1. The number of carboxylic acids is 1. The van der Waals surface area contributed by atoms with Gasteiger partial charge in [0.1, 0.15) is 0 Å². The molecule has 0 fully saturated rings. The van der Waals surface area contributed by atoms with Crippen molar-refractivity contribution in [2.45, 2.75) is 45.4 Å². The zero-order valence-corrected chi connectivity index (χ0v) is 19.4. The van der Waals surface area contributed by atoms with Crippen LogP contribution in [0.25, 0.3) is 17.0 Å². The number of halogens is 1. The van der Waals surface area contributed by atoms with Gasteiger partial charge in [0.05, 0.1) is 0 Å². The molecule has 1 heterocycles. The highest BCUT2D eigenvalue weighted by Gasteiger charge is 2.23. The number of carbonyl (C=O) groups is 2. The van der Waals surface area contributed by atoms with Crippen molar-refractivity contribution in [1.29, 1.82) is 0 Å². The van der Waals surface area contributed by atoms with Gasteiger partial charge in [-0.05, 0) is 55.4 Å². The molecule has 1 atom stereocenters. The summed E-state index contributed by atoms with van der Waals surface area (Å²) in [4.78, 5) is 24.3. The predicted octanol–water partition coefficient (Wildman–Crippen LogP) is 6.94. The number of unbranched alkanes of at least 4 members (excludes halogenated alkanes) is 2. The van der Waals surface area contributed by atoms with E-state index in [9.17, 15) is 9.59 Å². The number of aryl methyl sites for hydroxylation is 1. The molecule has 1 N–H and O–H groups in total. The van der Waals surface area contributed by atoms with Gasteiger partial charge in [0.25, 0.3) is 0 Å². The van der Waals surface area contributed by atoms with Gasteiger partial charge in [-0.3, -0.25) is 9.59 Å². The molecule has 0 spiro atoms.